The van der Waals surface area contributed by atoms with Gasteiger partial charge in [0.1, 0.15) is 11.6 Å². The Balaban J connectivity index is 1.57. The number of halogens is 1. The second-order valence-corrected chi connectivity index (χ2v) is 7.23. The monoisotopic (exact) mass is 382 g/mol. The van der Waals surface area contributed by atoms with E-state index in [0.717, 1.165) is 32.4 Å². The lowest BCUT2D eigenvalue weighted by molar-refractivity contribution is -0.139. The van der Waals surface area contributed by atoms with E-state index in [1.165, 1.54) is 6.07 Å². The fraction of sp³-hybridized carbons (Fsp3) is 0.364. The van der Waals surface area contributed by atoms with Crippen molar-refractivity contribution in [3.8, 4) is 5.75 Å². The summed E-state index contributed by atoms with van der Waals surface area (Å²) in [5.41, 5.74) is 0.960. The Labute approximate surface area is 163 Å². The number of benzene rings is 2. The number of anilines is 1. The van der Waals surface area contributed by atoms with Crippen LogP contribution in [0.1, 0.15) is 24.8 Å². The maximum absolute atomic E-state index is 14.0. The number of carbonyl (C=O) groups excluding carboxylic acids is 2. The Morgan fingerprint density at radius 3 is 2.50 bits per heavy atom. The van der Waals surface area contributed by atoms with Crippen molar-refractivity contribution in [2.24, 2.45) is 0 Å². The van der Waals surface area contributed by atoms with Crippen molar-refractivity contribution < 1.29 is 18.7 Å². The highest BCUT2D eigenvalue weighted by Crippen LogP contribution is 2.34. The third-order valence-electron chi connectivity index (χ3n) is 5.32. The van der Waals surface area contributed by atoms with Crippen molar-refractivity contribution >= 4 is 17.5 Å². The number of hydrogen-bond acceptors (Lipinski definition) is 3. The zero-order valence-electron chi connectivity index (χ0n) is 15.6. The number of likely N-dealkylation sites (tertiary alicyclic amines) is 1. The number of hydrogen-bond donors (Lipinski definition) is 0. The van der Waals surface area contributed by atoms with Crippen LogP contribution in [-0.2, 0) is 16.0 Å². The van der Waals surface area contributed by atoms with Gasteiger partial charge in [0.25, 0.3) is 5.91 Å². The molecule has 146 valence electrons. The van der Waals surface area contributed by atoms with Gasteiger partial charge in [-0.1, -0.05) is 30.3 Å². The van der Waals surface area contributed by atoms with E-state index in [1.54, 1.807) is 35.2 Å². The van der Waals surface area contributed by atoms with E-state index in [-0.39, 0.29) is 24.8 Å². The first-order chi connectivity index (χ1) is 13.6. The summed E-state index contributed by atoms with van der Waals surface area (Å²) in [6.07, 6.45) is 2.31. The van der Waals surface area contributed by atoms with Crippen molar-refractivity contribution in [3.05, 3.63) is 59.9 Å². The first kappa shape index (κ1) is 18.5. The number of para-hydroxylation sites is 2. The van der Waals surface area contributed by atoms with Gasteiger partial charge in [-0.2, -0.15) is 0 Å². The van der Waals surface area contributed by atoms with Crippen LogP contribution in [0, 0.1) is 5.82 Å². The molecule has 1 saturated heterocycles. The molecule has 0 aromatic heterocycles. The average molecular weight is 382 g/mol. The van der Waals surface area contributed by atoms with Crippen LogP contribution in [0.5, 0.6) is 5.75 Å². The van der Waals surface area contributed by atoms with Gasteiger partial charge >= 0.3 is 0 Å². The normalized spacial score (nSPS) is 19.0. The molecule has 0 saturated carbocycles. The van der Waals surface area contributed by atoms with Crippen molar-refractivity contribution in [1.82, 2.24) is 4.90 Å². The zero-order valence-corrected chi connectivity index (χ0v) is 15.6. The molecule has 0 aliphatic carbocycles. The van der Waals surface area contributed by atoms with E-state index in [4.69, 9.17) is 4.74 Å². The van der Waals surface area contributed by atoms with Gasteiger partial charge in [0, 0.05) is 13.1 Å². The summed E-state index contributed by atoms with van der Waals surface area (Å²) in [4.78, 5) is 29.3. The smallest absolute Gasteiger partial charge is 0.265 e. The third kappa shape index (κ3) is 3.72. The van der Waals surface area contributed by atoms with Crippen LogP contribution in [0.25, 0.3) is 0 Å². The van der Waals surface area contributed by atoms with Gasteiger partial charge in [-0.25, -0.2) is 4.39 Å². The second kappa shape index (κ2) is 8.00. The number of piperidine rings is 1. The molecule has 0 unspecified atom stereocenters. The number of rotatable bonds is 3. The molecule has 2 aromatic carbocycles. The Morgan fingerprint density at radius 1 is 1.00 bits per heavy atom. The molecule has 0 radical (unpaired) electrons. The van der Waals surface area contributed by atoms with E-state index < -0.39 is 11.9 Å². The van der Waals surface area contributed by atoms with Crippen molar-refractivity contribution in [1.29, 1.82) is 0 Å². The Hall–Kier alpha value is -2.89. The van der Waals surface area contributed by atoms with Crippen LogP contribution in [0.3, 0.4) is 0 Å². The molecule has 1 atom stereocenters. The molecule has 2 heterocycles. The van der Waals surface area contributed by atoms with Crippen LogP contribution >= 0.6 is 0 Å². The molecule has 6 heteroatoms. The van der Waals surface area contributed by atoms with Gasteiger partial charge in [0.2, 0.25) is 5.91 Å². The van der Waals surface area contributed by atoms with Gasteiger partial charge in [0.15, 0.2) is 6.10 Å². The minimum absolute atomic E-state index is 0.0639. The van der Waals surface area contributed by atoms with Crippen molar-refractivity contribution in [2.45, 2.75) is 31.8 Å². The van der Waals surface area contributed by atoms with Crippen LogP contribution in [0.2, 0.25) is 0 Å². The molecule has 2 aromatic rings. The SMILES string of the molecule is O=C([C@@H]1CN(C(=O)Cc2ccccc2F)c2ccccc2O1)N1CCCCC1. The maximum Gasteiger partial charge on any atom is 0.265 e. The summed E-state index contributed by atoms with van der Waals surface area (Å²) in [5, 5.41) is 0. The summed E-state index contributed by atoms with van der Waals surface area (Å²) >= 11 is 0. The number of ether oxygens (including phenoxy) is 1. The lowest BCUT2D eigenvalue weighted by Crippen LogP contribution is -2.53. The second-order valence-electron chi connectivity index (χ2n) is 7.23. The minimum Gasteiger partial charge on any atom is -0.476 e. The fourth-order valence-corrected chi connectivity index (χ4v) is 3.82. The molecule has 5 nitrogen and oxygen atoms in total. The van der Waals surface area contributed by atoms with Gasteiger partial charge in [-0.3, -0.25) is 9.59 Å². The Kier molecular flexibility index (Phi) is 5.28. The third-order valence-corrected chi connectivity index (χ3v) is 5.32. The molecule has 0 bridgehead atoms. The first-order valence-electron chi connectivity index (χ1n) is 9.72. The van der Waals surface area contributed by atoms with E-state index >= 15 is 0 Å². The molecule has 28 heavy (non-hydrogen) atoms. The summed E-state index contributed by atoms with van der Waals surface area (Å²) in [5.74, 6) is -0.237. The topological polar surface area (TPSA) is 49.9 Å². The number of carbonyl (C=O) groups is 2. The van der Waals surface area contributed by atoms with Gasteiger partial charge in [-0.15, -0.1) is 0 Å². The molecule has 2 amide bonds. The molecular weight excluding hydrogens is 359 g/mol. The summed E-state index contributed by atoms with van der Waals surface area (Å²) in [6, 6.07) is 13.4. The Bertz CT molecular complexity index is 880. The van der Waals surface area contributed by atoms with Crippen molar-refractivity contribution in [3.63, 3.8) is 0 Å². The van der Waals surface area contributed by atoms with Gasteiger partial charge < -0.3 is 14.5 Å². The van der Waals surface area contributed by atoms with Crippen molar-refractivity contribution in [2.75, 3.05) is 24.5 Å². The lowest BCUT2D eigenvalue weighted by atomic mass is 10.1. The predicted octanol–water partition coefficient (Wildman–Crippen LogP) is 3.17. The number of amides is 2. The average Bonchev–Trinajstić information content (AvgIpc) is 2.74. The Morgan fingerprint density at radius 2 is 1.71 bits per heavy atom. The maximum atomic E-state index is 14.0. The molecule has 2 aliphatic heterocycles. The van der Waals surface area contributed by atoms with E-state index in [0.29, 0.717) is 17.0 Å². The number of nitrogens with zero attached hydrogens (tertiary/aromatic N) is 2. The summed E-state index contributed by atoms with van der Waals surface area (Å²) in [6.45, 7) is 1.59. The highest BCUT2D eigenvalue weighted by Gasteiger charge is 2.36. The van der Waals surface area contributed by atoms with Gasteiger partial charge in [0.05, 0.1) is 18.7 Å². The van der Waals surface area contributed by atoms with Crippen LogP contribution in [-0.4, -0.2) is 42.5 Å². The number of fused-ring (bicyclic) bond motifs is 1. The molecule has 1 fully saturated rings. The van der Waals surface area contributed by atoms with E-state index in [2.05, 4.69) is 0 Å². The summed E-state index contributed by atoms with van der Waals surface area (Å²) in [7, 11) is 0. The van der Waals surface area contributed by atoms with Gasteiger partial charge in [-0.05, 0) is 43.0 Å². The molecule has 0 N–H and O–H groups in total. The fourth-order valence-electron chi connectivity index (χ4n) is 3.82. The lowest BCUT2D eigenvalue weighted by Gasteiger charge is -2.37. The van der Waals surface area contributed by atoms with Crippen LogP contribution in [0.15, 0.2) is 48.5 Å². The van der Waals surface area contributed by atoms with Crippen LogP contribution in [0.4, 0.5) is 10.1 Å². The minimum atomic E-state index is -0.738. The molecular formula is C22H23FN2O3. The standard InChI is InChI=1S/C22H23FN2O3/c23-17-9-3-2-8-16(17)14-21(26)25-15-20(22(27)24-12-6-1-7-13-24)28-19-11-5-4-10-18(19)25/h2-5,8-11,20H,1,6-7,12-15H2/t20-/m0/s1. The molecule has 2 aliphatic rings. The van der Waals surface area contributed by atoms with E-state index in [9.17, 15) is 14.0 Å². The van der Waals surface area contributed by atoms with Crippen LogP contribution < -0.4 is 9.64 Å². The first-order valence-corrected chi connectivity index (χ1v) is 9.72. The quantitative estimate of drug-likeness (QED) is 0.819. The highest BCUT2D eigenvalue weighted by atomic mass is 19.1. The van der Waals surface area contributed by atoms with E-state index in [1.807, 2.05) is 17.0 Å². The largest absolute Gasteiger partial charge is 0.476 e. The molecule has 4 rings (SSSR count). The summed E-state index contributed by atoms with van der Waals surface area (Å²) < 4.78 is 19.9. The highest BCUT2D eigenvalue weighted by molar-refractivity contribution is 5.98. The predicted molar refractivity (Wildman–Crippen MR) is 104 cm³/mol. The molecule has 0 spiro atoms. The zero-order chi connectivity index (χ0) is 19.5.